The summed E-state index contributed by atoms with van der Waals surface area (Å²) in [6.45, 7) is 2.14. The molecule has 3 aliphatic rings. The lowest BCUT2D eigenvalue weighted by molar-refractivity contribution is -0.136. The van der Waals surface area contributed by atoms with Crippen molar-refractivity contribution in [1.29, 1.82) is 0 Å². The van der Waals surface area contributed by atoms with Gasteiger partial charge in [0.25, 0.3) is 0 Å². The van der Waals surface area contributed by atoms with Crippen LogP contribution in [0, 0.1) is 0 Å². The first-order valence-electron chi connectivity index (χ1n) is 11.4. The summed E-state index contributed by atoms with van der Waals surface area (Å²) in [4.78, 5) is 27.4. The Bertz CT molecular complexity index is 1150. The van der Waals surface area contributed by atoms with Crippen LogP contribution in [-0.2, 0) is 6.18 Å². The monoisotopic (exact) mass is 499 g/mol. The van der Waals surface area contributed by atoms with Gasteiger partial charge in [0.05, 0.1) is 17.7 Å². The van der Waals surface area contributed by atoms with Gasteiger partial charge in [-0.2, -0.15) is 13.2 Å². The number of hydrogen-bond donors (Lipinski definition) is 2. The van der Waals surface area contributed by atoms with Crippen LogP contribution in [0.25, 0.3) is 11.0 Å². The van der Waals surface area contributed by atoms with E-state index in [2.05, 4.69) is 5.43 Å². The molecule has 0 bridgehead atoms. The van der Waals surface area contributed by atoms with E-state index in [-0.39, 0.29) is 35.5 Å². The number of carbonyl (C=O) groups excluding carboxylic acids is 2. The Labute approximate surface area is 198 Å². The molecular formula is C23H25ClF3N3O4. The Morgan fingerprint density at radius 3 is 2.47 bits per heavy atom. The Balaban J connectivity index is 1.38. The van der Waals surface area contributed by atoms with Crippen molar-refractivity contribution >= 4 is 34.5 Å². The minimum absolute atomic E-state index is 0.0426. The summed E-state index contributed by atoms with van der Waals surface area (Å²) < 4.78 is 46.6. The number of nitrogens with zero attached hydrogens (tertiary/aromatic N) is 2. The third-order valence-corrected chi connectivity index (χ3v) is 7.45. The maximum Gasteiger partial charge on any atom is 0.420 e. The van der Waals surface area contributed by atoms with E-state index < -0.39 is 40.6 Å². The molecule has 184 valence electrons. The summed E-state index contributed by atoms with van der Waals surface area (Å²) in [7, 11) is 0. The predicted molar refractivity (Wildman–Crippen MR) is 117 cm³/mol. The van der Waals surface area contributed by atoms with E-state index >= 15 is 0 Å². The van der Waals surface area contributed by atoms with E-state index in [1.807, 2.05) is 0 Å². The molecule has 2 aromatic rings. The molecule has 1 aromatic carbocycles. The topological polar surface area (TPSA) is 86.0 Å². The highest BCUT2D eigenvalue weighted by Gasteiger charge is 2.40. The van der Waals surface area contributed by atoms with Crippen LogP contribution in [0.3, 0.4) is 0 Å². The number of nitrogens with one attached hydrogen (secondary N) is 1. The van der Waals surface area contributed by atoms with Gasteiger partial charge in [0.1, 0.15) is 10.6 Å². The van der Waals surface area contributed by atoms with Gasteiger partial charge in [-0.05, 0) is 69.1 Å². The average Bonchev–Trinajstić information content (AvgIpc) is 3.56. The number of halogens is 4. The first kappa shape index (κ1) is 23.3. The van der Waals surface area contributed by atoms with Crippen molar-refractivity contribution in [2.24, 2.45) is 0 Å². The van der Waals surface area contributed by atoms with E-state index in [0.717, 1.165) is 23.9 Å². The number of rotatable bonds is 3. The third kappa shape index (κ3) is 4.22. The van der Waals surface area contributed by atoms with Gasteiger partial charge in [-0.25, -0.2) is 15.2 Å². The molecule has 3 fully saturated rings. The van der Waals surface area contributed by atoms with Crippen LogP contribution >= 0.6 is 11.6 Å². The zero-order chi connectivity index (χ0) is 24.4. The van der Waals surface area contributed by atoms with Gasteiger partial charge in [0.2, 0.25) is 5.76 Å². The Kier molecular flexibility index (Phi) is 5.51. The minimum Gasteiger partial charge on any atom is -0.449 e. The zero-order valence-corrected chi connectivity index (χ0v) is 19.3. The smallest absolute Gasteiger partial charge is 0.420 e. The lowest BCUT2D eigenvalue weighted by atomic mass is 9.83. The number of alkyl halides is 3. The molecule has 0 atom stereocenters. The van der Waals surface area contributed by atoms with Crippen molar-refractivity contribution in [1.82, 2.24) is 15.3 Å². The summed E-state index contributed by atoms with van der Waals surface area (Å²) >= 11 is 6.35. The van der Waals surface area contributed by atoms with Crippen LogP contribution < -0.4 is 5.43 Å². The average molecular weight is 500 g/mol. The highest BCUT2D eigenvalue weighted by atomic mass is 35.5. The highest BCUT2D eigenvalue weighted by molar-refractivity contribution is 6.38. The number of aliphatic hydroxyl groups is 1. The van der Waals surface area contributed by atoms with Crippen LogP contribution in [0.15, 0.2) is 16.5 Å². The molecule has 3 amide bonds. The first-order valence-corrected chi connectivity index (χ1v) is 11.8. The maximum absolute atomic E-state index is 13.7. The minimum atomic E-state index is -4.67. The van der Waals surface area contributed by atoms with Gasteiger partial charge in [0, 0.05) is 18.0 Å². The van der Waals surface area contributed by atoms with Crippen LogP contribution in [-0.4, -0.2) is 51.7 Å². The van der Waals surface area contributed by atoms with Gasteiger partial charge < -0.3 is 14.4 Å². The molecule has 0 unspecified atom stereocenters. The van der Waals surface area contributed by atoms with Crippen LogP contribution in [0.5, 0.6) is 0 Å². The Morgan fingerprint density at radius 2 is 1.88 bits per heavy atom. The molecular weight excluding hydrogens is 475 g/mol. The molecule has 2 saturated carbocycles. The van der Waals surface area contributed by atoms with Crippen molar-refractivity contribution in [3.05, 3.63) is 34.0 Å². The standard InChI is InChI=1S/C23H25ClF3N3O4/c1-22(33)6-4-14(5-7-22)29-8-9-30(28-21(29)32)20(31)19-17(24)15-10-13(12-2-3-12)11-16(18(15)34-19)23(25,26)27/h10-12,14,33H,2-9H2,1H3,(H,28,32). The molecule has 1 saturated heterocycles. The van der Waals surface area contributed by atoms with Crippen molar-refractivity contribution in [3.63, 3.8) is 0 Å². The summed E-state index contributed by atoms with van der Waals surface area (Å²) in [5.74, 6) is -1.19. The second kappa shape index (κ2) is 8.05. The summed E-state index contributed by atoms with van der Waals surface area (Å²) in [5.41, 5.74) is 0.846. The number of fused-ring (bicyclic) bond motifs is 1. The fourth-order valence-corrected chi connectivity index (χ4v) is 5.16. The number of amides is 3. The highest BCUT2D eigenvalue weighted by Crippen LogP contribution is 2.47. The second-order valence-corrected chi connectivity index (χ2v) is 10.1. The molecule has 34 heavy (non-hydrogen) atoms. The second-order valence-electron chi connectivity index (χ2n) is 9.76. The van der Waals surface area contributed by atoms with Crippen molar-refractivity contribution in [3.8, 4) is 0 Å². The fourth-order valence-electron chi connectivity index (χ4n) is 4.90. The molecule has 1 aliphatic heterocycles. The van der Waals surface area contributed by atoms with Crippen LogP contribution in [0.2, 0.25) is 5.02 Å². The van der Waals surface area contributed by atoms with E-state index in [4.69, 9.17) is 16.0 Å². The number of hydrogen-bond acceptors (Lipinski definition) is 4. The molecule has 2 N–H and O–H groups in total. The van der Waals surface area contributed by atoms with E-state index in [0.29, 0.717) is 31.2 Å². The number of carbonyl (C=O) groups is 2. The fraction of sp³-hybridized carbons (Fsp3) is 0.565. The molecule has 0 radical (unpaired) electrons. The number of furan rings is 1. The van der Waals surface area contributed by atoms with E-state index in [1.165, 1.54) is 0 Å². The summed E-state index contributed by atoms with van der Waals surface area (Å²) in [6, 6.07) is 2.09. The summed E-state index contributed by atoms with van der Waals surface area (Å²) in [6.07, 6.45) is -0.625. The Morgan fingerprint density at radius 1 is 1.21 bits per heavy atom. The number of urea groups is 1. The lowest BCUT2D eigenvalue weighted by Gasteiger charge is -2.43. The van der Waals surface area contributed by atoms with Gasteiger partial charge in [-0.1, -0.05) is 11.6 Å². The third-order valence-electron chi connectivity index (χ3n) is 7.07. The van der Waals surface area contributed by atoms with Crippen molar-refractivity contribution in [2.75, 3.05) is 13.1 Å². The van der Waals surface area contributed by atoms with Gasteiger partial charge in [-0.15, -0.1) is 0 Å². The quantitative estimate of drug-likeness (QED) is 0.618. The van der Waals surface area contributed by atoms with E-state index in [1.54, 1.807) is 17.9 Å². The van der Waals surface area contributed by atoms with Gasteiger partial charge in [0.15, 0.2) is 0 Å². The summed E-state index contributed by atoms with van der Waals surface area (Å²) in [5, 5.41) is 11.0. The molecule has 2 heterocycles. The molecule has 7 nitrogen and oxygen atoms in total. The number of hydrazine groups is 1. The largest absolute Gasteiger partial charge is 0.449 e. The van der Waals surface area contributed by atoms with Crippen LogP contribution in [0.4, 0.5) is 18.0 Å². The van der Waals surface area contributed by atoms with Crippen molar-refractivity contribution in [2.45, 2.75) is 69.2 Å². The normalized spacial score (nSPS) is 26.2. The van der Waals surface area contributed by atoms with Crippen molar-refractivity contribution < 1.29 is 32.3 Å². The lowest BCUT2D eigenvalue weighted by Crippen LogP contribution is -2.62. The Hall–Kier alpha value is -2.46. The molecule has 0 spiro atoms. The molecule has 1 aromatic heterocycles. The molecule has 11 heteroatoms. The predicted octanol–water partition coefficient (Wildman–Crippen LogP) is 5.06. The number of benzene rings is 1. The molecule has 5 rings (SSSR count). The zero-order valence-electron chi connectivity index (χ0n) is 18.5. The van der Waals surface area contributed by atoms with Crippen LogP contribution in [0.1, 0.15) is 73.0 Å². The van der Waals surface area contributed by atoms with Gasteiger partial charge >= 0.3 is 18.1 Å². The molecule has 2 aliphatic carbocycles. The maximum atomic E-state index is 13.7. The van der Waals surface area contributed by atoms with Gasteiger partial charge in [-0.3, -0.25) is 4.79 Å². The SMILES string of the molecule is CC1(O)CCC(N2CCN(C(=O)c3oc4c(C(F)(F)F)cc(C5CC5)cc4c3Cl)NC2=O)CC1. The first-order chi connectivity index (χ1) is 15.9. The van der Waals surface area contributed by atoms with E-state index in [9.17, 15) is 27.9 Å².